The molecule has 0 bridgehead atoms. The van der Waals surface area contributed by atoms with Crippen molar-refractivity contribution in [1.82, 2.24) is 0 Å². The Labute approximate surface area is 211 Å². The van der Waals surface area contributed by atoms with Crippen molar-refractivity contribution in [1.29, 1.82) is 0 Å². The van der Waals surface area contributed by atoms with Gasteiger partial charge in [0.05, 0.1) is 11.8 Å². The maximum absolute atomic E-state index is 6.88. The molecule has 4 aliphatic rings. The molecular weight excluding hydrogens is 454 g/mol. The van der Waals surface area contributed by atoms with Gasteiger partial charge in [-0.15, -0.1) is 0 Å². The summed E-state index contributed by atoms with van der Waals surface area (Å²) in [7, 11) is -1.48. The SMILES string of the molecule is CON=C(C)[C@H]1[C@H](O[Si](C)(C)C)C[C@H]2[C@@H]3CC=C4C[C@@H](O[Si](C)(C)C)CC[C@]4(C)[C@H]3CC[C@@]21C. The Morgan fingerprint density at radius 2 is 1.65 bits per heavy atom. The highest BCUT2D eigenvalue weighted by Gasteiger charge is 2.62. The molecule has 0 radical (unpaired) electrons. The summed E-state index contributed by atoms with van der Waals surface area (Å²) in [5.74, 6) is 2.62. The third-order valence-corrected chi connectivity index (χ3v) is 11.8. The van der Waals surface area contributed by atoms with Gasteiger partial charge in [0.25, 0.3) is 0 Å². The minimum Gasteiger partial charge on any atom is -0.414 e. The minimum atomic E-state index is -1.66. The molecule has 4 nitrogen and oxygen atoms in total. The van der Waals surface area contributed by atoms with Gasteiger partial charge in [0.1, 0.15) is 7.11 Å². The van der Waals surface area contributed by atoms with Gasteiger partial charge in [-0.3, -0.25) is 0 Å². The van der Waals surface area contributed by atoms with Gasteiger partial charge in [0, 0.05) is 12.0 Å². The second-order valence-corrected chi connectivity index (χ2v) is 23.2. The summed E-state index contributed by atoms with van der Waals surface area (Å²) in [6.07, 6.45) is 12.1. The first-order valence-corrected chi connectivity index (χ1v) is 20.6. The van der Waals surface area contributed by atoms with Crippen molar-refractivity contribution in [3.05, 3.63) is 11.6 Å². The number of nitrogens with zero attached hydrogens (tertiary/aromatic N) is 1. The molecule has 0 aromatic heterocycles. The van der Waals surface area contributed by atoms with E-state index in [9.17, 15) is 0 Å². The van der Waals surface area contributed by atoms with E-state index in [0.717, 1.165) is 24.0 Å². The van der Waals surface area contributed by atoms with Crippen LogP contribution in [0.1, 0.15) is 65.7 Å². The summed E-state index contributed by atoms with van der Waals surface area (Å²) in [5, 5.41) is 4.47. The van der Waals surface area contributed by atoms with Crippen molar-refractivity contribution >= 4 is 22.3 Å². The van der Waals surface area contributed by atoms with Crippen LogP contribution in [0.4, 0.5) is 0 Å². The maximum atomic E-state index is 6.88. The third kappa shape index (κ3) is 4.90. The summed E-state index contributed by atoms with van der Waals surface area (Å²) < 4.78 is 13.5. The van der Waals surface area contributed by atoms with Crippen LogP contribution in [-0.2, 0) is 13.7 Å². The van der Waals surface area contributed by atoms with Crippen LogP contribution in [-0.4, -0.2) is 41.7 Å². The highest BCUT2D eigenvalue weighted by molar-refractivity contribution is 6.70. The maximum Gasteiger partial charge on any atom is 0.184 e. The van der Waals surface area contributed by atoms with E-state index in [0.29, 0.717) is 23.4 Å². The van der Waals surface area contributed by atoms with Crippen LogP contribution < -0.4 is 0 Å². The molecule has 0 N–H and O–H groups in total. The van der Waals surface area contributed by atoms with Crippen LogP contribution in [0.25, 0.3) is 0 Å². The van der Waals surface area contributed by atoms with E-state index in [-0.39, 0.29) is 11.5 Å². The fraction of sp³-hybridized carbons (Fsp3) is 0.893. The molecule has 194 valence electrons. The second kappa shape index (κ2) is 9.14. The van der Waals surface area contributed by atoms with Gasteiger partial charge < -0.3 is 13.7 Å². The first-order valence-electron chi connectivity index (χ1n) is 13.8. The largest absolute Gasteiger partial charge is 0.414 e. The third-order valence-electron chi connectivity index (χ3n) is 9.78. The van der Waals surface area contributed by atoms with Crippen LogP contribution in [0.2, 0.25) is 39.3 Å². The van der Waals surface area contributed by atoms with Crippen LogP contribution in [0.5, 0.6) is 0 Å². The van der Waals surface area contributed by atoms with Gasteiger partial charge in [-0.05, 0) is 120 Å². The number of allylic oxidation sites excluding steroid dienone is 1. The van der Waals surface area contributed by atoms with Gasteiger partial charge in [-0.2, -0.15) is 0 Å². The number of hydrogen-bond donors (Lipinski definition) is 0. The molecule has 34 heavy (non-hydrogen) atoms. The first kappa shape index (κ1) is 26.6. The molecule has 4 rings (SSSR count). The molecule has 0 spiro atoms. The molecule has 0 heterocycles. The Bertz CT molecular complexity index is 828. The Kier molecular flexibility index (Phi) is 7.16. The Morgan fingerprint density at radius 1 is 0.971 bits per heavy atom. The van der Waals surface area contributed by atoms with Crippen LogP contribution >= 0.6 is 0 Å². The zero-order valence-corrected chi connectivity index (χ0v) is 25.7. The molecule has 6 heteroatoms. The molecule has 3 fully saturated rings. The van der Waals surface area contributed by atoms with Gasteiger partial charge >= 0.3 is 0 Å². The van der Waals surface area contributed by atoms with E-state index in [2.05, 4.69) is 71.3 Å². The van der Waals surface area contributed by atoms with E-state index in [1.54, 1.807) is 12.7 Å². The van der Waals surface area contributed by atoms with E-state index in [4.69, 9.17) is 13.7 Å². The number of fused-ring (bicyclic) bond motifs is 5. The normalized spacial score (nSPS) is 43.0. The number of rotatable bonds is 6. The smallest absolute Gasteiger partial charge is 0.184 e. The molecule has 0 unspecified atom stereocenters. The lowest BCUT2D eigenvalue weighted by molar-refractivity contribution is -0.0416. The summed E-state index contributed by atoms with van der Waals surface area (Å²) in [5.41, 5.74) is 3.45. The summed E-state index contributed by atoms with van der Waals surface area (Å²) in [6.45, 7) is 21.3. The predicted octanol–water partition coefficient (Wildman–Crippen LogP) is 7.64. The van der Waals surface area contributed by atoms with Crippen LogP contribution in [0, 0.1) is 34.5 Å². The van der Waals surface area contributed by atoms with Crippen molar-refractivity contribution in [2.75, 3.05) is 7.11 Å². The summed E-state index contributed by atoms with van der Waals surface area (Å²) in [6, 6.07) is 0. The highest BCUT2D eigenvalue weighted by Crippen LogP contribution is 2.67. The average Bonchev–Trinajstić information content (AvgIpc) is 2.97. The second-order valence-electron chi connectivity index (χ2n) is 14.3. The van der Waals surface area contributed by atoms with Crippen molar-refractivity contribution in [2.24, 2.45) is 39.7 Å². The summed E-state index contributed by atoms with van der Waals surface area (Å²) >= 11 is 0. The molecule has 0 aromatic rings. The molecular formula is C28H51NO3Si2. The van der Waals surface area contributed by atoms with Crippen LogP contribution in [0.3, 0.4) is 0 Å². The van der Waals surface area contributed by atoms with Crippen LogP contribution in [0.15, 0.2) is 16.8 Å². The van der Waals surface area contributed by atoms with Crippen molar-refractivity contribution in [3.8, 4) is 0 Å². The minimum absolute atomic E-state index is 0.247. The number of oxime groups is 1. The monoisotopic (exact) mass is 505 g/mol. The van der Waals surface area contributed by atoms with Gasteiger partial charge in [0.15, 0.2) is 16.6 Å². The predicted molar refractivity (Wildman–Crippen MR) is 147 cm³/mol. The fourth-order valence-corrected chi connectivity index (χ4v) is 11.1. The van der Waals surface area contributed by atoms with Gasteiger partial charge in [-0.25, -0.2) is 0 Å². The highest BCUT2D eigenvalue weighted by atomic mass is 28.4. The standard InChI is InChI=1S/C28H51NO3Si2/c1-19(29-30-4)26-25(32-34(8,9)10)18-24-22-12-11-20-17-21(31-33(5,6)7)13-15-27(20,2)23(22)14-16-28(24,26)3/h11,21-26H,12-18H2,1-10H3/t21-,22+,23-,24-,25+,26-,27-,28-/m0/s1. The molecule has 4 aliphatic carbocycles. The van der Waals surface area contributed by atoms with E-state index >= 15 is 0 Å². The fourth-order valence-electron chi connectivity index (χ4n) is 8.73. The van der Waals surface area contributed by atoms with Crippen molar-refractivity contribution in [3.63, 3.8) is 0 Å². The molecule has 8 atom stereocenters. The Balaban J connectivity index is 1.62. The van der Waals surface area contributed by atoms with E-state index < -0.39 is 16.6 Å². The van der Waals surface area contributed by atoms with E-state index in [1.807, 2.05) is 0 Å². The van der Waals surface area contributed by atoms with Gasteiger partial charge in [-0.1, -0.05) is 30.7 Å². The molecule has 0 aromatic carbocycles. The van der Waals surface area contributed by atoms with Crippen molar-refractivity contribution in [2.45, 2.75) is 117 Å². The summed E-state index contributed by atoms with van der Waals surface area (Å²) in [4.78, 5) is 5.28. The zero-order valence-electron chi connectivity index (χ0n) is 23.7. The quantitative estimate of drug-likeness (QED) is 0.161. The molecule has 0 aliphatic heterocycles. The van der Waals surface area contributed by atoms with Crippen molar-refractivity contribution < 1.29 is 13.7 Å². The first-order chi connectivity index (χ1) is 15.7. The lowest BCUT2D eigenvalue weighted by Crippen LogP contribution is -2.51. The topological polar surface area (TPSA) is 40.0 Å². The lowest BCUT2D eigenvalue weighted by atomic mass is 9.47. The average molecular weight is 506 g/mol. The van der Waals surface area contributed by atoms with E-state index in [1.165, 1.54) is 38.5 Å². The lowest BCUT2D eigenvalue weighted by Gasteiger charge is -2.58. The Hall–Kier alpha value is -0.436. The van der Waals surface area contributed by atoms with Gasteiger partial charge in [0.2, 0.25) is 0 Å². The zero-order chi connectivity index (χ0) is 25.1. The number of hydrogen-bond acceptors (Lipinski definition) is 4. The Morgan fingerprint density at radius 3 is 2.26 bits per heavy atom. The molecule has 0 amide bonds. The molecule has 3 saturated carbocycles. The molecule has 0 saturated heterocycles.